The van der Waals surface area contributed by atoms with Gasteiger partial charge in [0.05, 0.1) is 25.1 Å². The average Bonchev–Trinajstić information content (AvgIpc) is 4.23. The van der Waals surface area contributed by atoms with Crippen molar-refractivity contribution < 1.29 is 38.6 Å². The van der Waals surface area contributed by atoms with Crippen molar-refractivity contribution in [2.45, 2.75) is 314 Å². The summed E-state index contributed by atoms with van der Waals surface area (Å²) >= 11 is 0. The van der Waals surface area contributed by atoms with Gasteiger partial charge in [0.25, 0.3) is 0 Å². The third kappa shape index (κ3) is 48.6. The Kier molecular flexibility index (Phi) is 51.7. The first-order valence-corrected chi connectivity index (χ1v) is 34.7. The van der Waals surface area contributed by atoms with Crippen molar-refractivity contribution in [3.8, 4) is 0 Å². The van der Waals surface area contributed by atoms with Crippen molar-refractivity contribution in [1.29, 1.82) is 10.8 Å². The Hall–Kier alpha value is -5.02. The van der Waals surface area contributed by atoms with Crippen molar-refractivity contribution in [3.05, 3.63) is 18.2 Å². The molecular weight excluding hydrogens is 1100 g/mol. The molecule has 1 rings (SSSR count). The van der Waals surface area contributed by atoms with E-state index >= 15 is 0 Å². The van der Waals surface area contributed by atoms with Crippen LogP contribution in [0.1, 0.15) is 283 Å². The maximum absolute atomic E-state index is 13.9. The molecule has 0 fully saturated rings. The number of aromatic nitrogens is 2. The minimum absolute atomic E-state index is 0.0350. The van der Waals surface area contributed by atoms with E-state index in [4.69, 9.17) is 37.5 Å². The first kappa shape index (κ1) is 80.0. The van der Waals surface area contributed by atoms with Crippen molar-refractivity contribution >= 4 is 41.6 Å². The molecule has 0 saturated heterocycles. The topological polar surface area (TPSA) is 342 Å². The second-order valence-corrected chi connectivity index (χ2v) is 24.3. The summed E-state index contributed by atoms with van der Waals surface area (Å²) in [6, 6.07) is -3.00. The molecule has 1 unspecified atom stereocenters. The number of nitrogens with one attached hydrogen (secondary N) is 8. The molecule has 4 atom stereocenters. The van der Waals surface area contributed by atoms with Gasteiger partial charge >= 0.3 is 11.9 Å². The van der Waals surface area contributed by atoms with E-state index in [0.29, 0.717) is 76.9 Å². The van der Waals surface area contributed by atoms with Gasteiger partial charge in [-0.25, -0.2) is 4.98 Å². The third-order valence-corrected chi connectivity index (χ3v) is 16.1. The van der Waals surface area contributed by atoms with Crippen LogP contribution in [0, 0.1) is 10.8 Å². The Bertz CT molecular complexity index is 1860. The van der Waals surface area contributed by atoms with Gasteiger partial charge in [0.1, 0.15) is 18.2 Å². The van der Waals surface area contributed by atoms with Crippen LogP contribution in [-0.2, 0) is 39.9 Å². The average molecular weight is 1230 g/mol. The van der Waals surface area contributed by atoms with Gasteiger partial charge in [-0.15, -0.1) is 0 Å². The molecule has 0 saturated carbocycles. The molecule has 0 radical (unpaired) electrons. The number of esters is 2. The maximum Gasteiger partial charge on any atom is 0.306 e. The fourth-order valence-electron chi connectivity index (χ4n) is 10.8. The van der Waals surface area contributed by atoms with E-state index in [0.717, 1.165) is 103 Å². The molecule has 1 aromatic heterocycles. The van der Waals surface area contributed by atoms with Crippen LogP contribution in [0.15, 0.2) is 12.5 Å². The summed E-state index contributed by atoms with van der Waals surface area (Å²) in [5.74, 6) is -2.13. The molecule has 0 aliphatic rings. The molecule has 1 heterocycles. The minimum atomic E-state index is -1.05. The molecule has 0 aliphatic carbocycles. The Balaban J connectivity index is 2.82. The third-order valence-electron chi connectivity index (χ3n) is 16.1. The molecule has 0 aliphatic heterocycles. The van der Waals surface area contributed by atoms with Crippen molar-refractivity contribution in [3.63, 3.8) is 0 Å². The minimum Gasteiger partial charge on any atom is -0.466 e. The van der Waals surface area contributed by atoms with Crippen molar-refractivity contribution in [1.82, 2.24) is 41.5 Å². The number of imidazole rings is 1. The second-order valence-electron chi connectivity index (χ2n) is 24.3. The number of carbonyl (C=O) groups is 5. The Labute approximate surface area is 526 Å². The SMILES string of the molecule is CCCCCCCCCCCOC(=O)CCCCCN(CCCCCCCC(=O)OC(CCCCCCCC)CCCCCCCC)CC(O)CCCCNC(=O)[C@H](Cc1cnc[nH]1)NC(=O)[C@H](CCCNC(=N)N)NC(=O)[C@H](N)CCCNC(=N)N. The summed E-state index contributed by atoms with van der Waals surface area (Å²) in [6.07, 6.45) is 41.7. The summed E-state index contributed by atoms with van der Waals surface area (Å²) in [4.78, 5) is 75.8. The molecule has 21 nitrogen and oxygen atoms in total. The Morgan fingerprint density at radius 3 is 1.56 bits per heavy atom. The number of hydrogen-bond acceptors (Lipinski definition) is 13. The van der Waals surface area contributed by atoms with E-state index < -0.39 is 42.0 Å². The lowest BCUT2D eigenvalue weighted by Crippen LogP contribution is -2.56. The van der Waals surface area contributed by atoms with Gasteiger partial charge in [0, 0.05) is 57.3 Å². The number of amides is 3. The lowest BCUT2D eigenvalue weighted by Gasteiger charge is -2.25. The largest absolute Gasteiger partial charge is 0.466 e. The van der Waals surface area contributed by atoms with Gasteiger partial charge in [-0.05, 0) is 116 Å². The van der Waals surface area contributed by atoms with E-state index in [1.807, 2.05) is 0 Å². The Morgan fingerprint density at radius 1 is 0.540 bits per heavy atom. The van der Waals surface area contributed by atoms with Crippen LogP contribution < -0.4 is 43.8 Å². The number of aliphatic hydroxyl groups excluding tert-OH is 1. The highest BCUT2D eigenvalue weighted by Gasteiger charge is 2.29. The van der Waals surface area contributed by atoms with E-state index in [2.05, 4.69) is 62.2 Å². The van der Waals surface area contributed by atoms with Crippen LogP contribution >= 0.6 is 0 Å². The molecule has 21 heteroatoms. The summed E-state index contributed by atoms with van der Waals surface area (Å²) in [7, 11) is 0. The van der Waals surface area contributed by atoms with Gasteiger partial charge in [0.2, 0.25) is 17.7 Å². The number of aromatic amines is 1. The van der Waals surface area contributed by atoms with Crippen LogP contribution in [0.4, 0.5) is 0 Å². The number of aliphatic hydroxyl groups is 1. The van der Waals surface area contributed by atoms with Gasteiger partial charge in [-0.1, -0.05) is 162 Å². The van der Waals surface area contributed by atoms with Crippen molar-refractivity contribution in [2.75, 3.05) is 45.9 Å². The van der Waals surface area contributed by atoms with Crippen LogP contribution in [0.25, 0.3) is 0 Å². The fourth-order valence-corrected chi connectivity index (χ4v) is 10.8. The number of nitrogens with zero attached hydrogens (tertiary/aromatic N) is 2. The quantitative estimate of drug-likeness (QED) is 0.0125. The summed E-state index contributed by atoms with van der Waals surface area (Å²) in [5, 5.41) is 40.1. The number of carbonyl (C=O) groups excluding carboxylic acids is 5. The predicted octanol–water partition coefficient (Wildman–Crippen LogP) is 10.1. The zero-order chi connectivity index (χ0) is 63.8. The monoisotopic (exact) mass is 1230 g/mol. The molecule has 0 bridgehead atoms. The lowest BCUT2D eigenvalue weighted by molar-refractivity contribution is -0.150. The predicted molar refractivity (Wildman–Crippen MR) is 352 cm³/mol. The first-order valence-electron chi connectivity index (χ1n) is 34.7. The van der Waals surface area contributed by atoms with Gasteiger partial charge in [-0.2, -0.15) is 0 Å². The molecule has 87 heavy (non-hydrogen) atoms. The molecular formula is C66H127N13O8. The van der Waals surface area contributed by atoms with Crippen molar-refractivity contribution in [2.24, 2.45) is 17.2 Å². The summed E-state index contributed by atoms with van der Waals surface area (Å²) in [6.45, 7) is 10.3. The normalized spacial score (nSPS) is 12.8. The highest BCUT2D eigenvalue weighted by atomic mass is 16.5. The smallest absolute Gasteiger partial charge is 0.306 e. The summed E-state index contributed by atoms with van der Waals surface area (Å²) < 4.78 is 11.7. The van der Waals surface area contributed by atoms with Crippen LogP contribution in [0.3, 0.4) is 0 Å². The molecule has 1 aromatic rings. The summed E-state index contributed by atoms with van der Waals surface area (Å²) in [5.41, 5.74) is 17.6. The fraction of sp³-hybridized carbons (Fsp3) is 0.848. The molecule has 504 valence electrons. The van der Waals surface area contributed by atoms with Crippen LogP contribution in [0.2, 0.25) is 0 Å². The van der Waals surface area contributed by atoms with Crippen LogP contribution in [-0.4, -0.2) is 138 Å². The number of H-pyrrole nitrogens is 1. The number of rotatable bonds is 61. The Morgan fingerprint density at radius 2 is 1.01 bits per heavy atom. The molecule has 0 aromatic carbocycles. The van der Waals surface area contributed by atoms with E-state index in [-0.39, 0.29) is 55.8 Å². The van der Waals surface area contributed by atoms with E-state index in [1.54, 1.807) is 6.20 Å². The maximum atomic E-state index is 13.9. The van der Waals surface area contributed by atoms with E-state index in [1.165, 1.54) is 115 Å². The molecule has 0 spiro atoms. The highest BCUT2D eigenvalue weighted by molar-refractivity contribution is 5.93. The second kappa shape index (κ2) is 56.2. The lowest BCUT2D eigenvalue weighted by atomic mass is 10.0. The molecule has 15 N–H and O–H groups in total. The number of unbranched alkanes of at least 4 members (excludes halogenated alkanes) is 25. The molecule has 3 amide bonds. The van der Waals surface area contributed by atoms with Gasteiger partial charge in [-0.3, -0.25) is 34.8 Å². The number of ether oxygens (including phenoxy) is 2. The zero-order valence-electron chi connectivity index (χ0n) is 54.9. The number of guanidine groups is 2. The highest BCUT2D eigenvalue weighted by Crippen LogP contribution is 2.19. The van der Waals surface area contributed by atoms with E-state index in [9.17, 15) is 29.1 Å². The zero-order valence-corrected chi connectivity index (χ0v) is 54.9. The standard InChI is InChI=1S/C66H127N13O8/c1-4-7-10-13-16-17-18-24-34-49-86-60(81)42-29-25-33-48-79(47-32-23-19-22-28-43-61(82)87-56(38-26-20-14-11-8-5-2)39-27-21-15-12-9-6-3)52-55(80)37-30-31-44-73-63(84)59(50-54-51-72-53-76-54)78-64(85)58(41-36-46-75-66(70)71)77-62(83)57(67)40-35-45-74-65(68)69/h51,53,55-59,80H,4-50,52,67H2,1-3H3,(H,72,76)(H,73,84)(H,77,83)(H,78,85)(H4,68,69,74)(H4,70,71,75)/t55?,57-,58+,59+/m1/s1. The first-order chi connectivity index (χ1) is 42.2. The van der Waals surface area contributed by atoms with Gasteiger partial charge < -0.3 is 68.2 Å². The number of hydrogen-bond donors (Lipinski definition) is 12. The number of nitrogens with two attached hydrogens (primary N) is 3. The van der Waals surface area contributed by atoms with Gasteiger partial charge in [0.15, 0.2) is 11.9 Å². The van der Waals surface area contributed by atoms with Crippen LogP contribution in [0.5, 0.6) is 0 Å².